The third kappa shape index (κ3) is 5.38. The highest BCUT2D eigenvalue weighted by Crippen LogP contribution is 2.45. The monoisotopic (exact) mass is 552 g/mol. The summed E-state index contributed by atoms with van der Waals surface area (Å²) in [5.41, 5.74) is 1.77. The first-order valence-corrected chi connectivity index (χ1v) is 13.5. The van der Waals surface area contributed by atoms with Gasteiger partial charge in [0.25, 0.3) is 5.91 Å². The molecular formula is C25H24N6O5S2. The van der Waals surface area contributed by atoms with Crippen LogP contribution in [0.15, 0.2) is 70.4 Å². The van der Waals surface area contributed by atoms with E-state index in [1.165, 1.54) is 33.1 Å². The van der Waals surface area contributed by atoms with E-state index in [4.69, 9.17) is 9.47 Å². The number of nitrogens with one attached hydrogen (secondary N) is 1. The summed E-state index contributed by atoms with van der Waals surface area (Å²) >= 11 is 2.67. The van der Waals surface area contributed by atoms with Crippen molar-refractivity contribution in [1.29, 1.82) is 0 Å². The number of aromatic nitrogens is 4. The van der Waals surface area contributed by atoms with E-state index in [-0.39, 0.29) is 30.5 Å². The molecule has 2 unspecified atom stereocenters. The zero-order valence-electron chi connectivity index (χ0n) is 20.6. The van der Waals surface area contributed by atoms with Crippen molar-refractivity contribution in [2.75, 3.05) is 12.9 Å². The van der Waals surface area contributed by atoms with Gasteiger partial charge in [-0.3, -0.25) is 14.5 Å². The second-order valence-corrected chi connectivity index (χ2v) is 10.7. The Labute approximate surface area is 226 Å². The first kappa shape index (κ1) is 25.8. The van der Waals surface area contributed by atoms with E-state index in [1.807, 2.05) is 30.3 Å². The number of β-lactam (4-membered cyclic amide) rings is 1. The van der Waals surface area contributed by atoms with Crippen molar-refractivity contribution in [3.05, 3.63) is 76.3 Å². The second kappa shape index (κ2) is 11.3. The van der Waals surface area contributed by atoms with Crippen LogP contribution in [-0.2, 0) is 39.2 Å². The van der Waals surface area contributed by atoms with Gasteiger partial charge in [-0.25, -0.2) is 9.48 Å². The zero-order chi connectivity index (χ0) is 26.6. The fraction of sp³-hybridized carbons (Fsp3) is 0.280. The van der Waals surface area contributed by atoms with E-state index < -0.39 is 17.4 Å². The lowest BCUT2D eigenvalue weighted by molar-refractivity contribution is -0.153. The Morgan fingerprint density at radius 3 is 2.58 bits per heavy atom. The number of amides is 2. The normalized spacial score (nSPS) is 18.5. The first-order valence-electron chi connectivity index (χ1n) is 11.7. The standard InChI is InChI=1S/C25H24N6O5S2/c1-30-25(27-28-29-30)38-18-14-37-23-20(26-19(32)12-15-6-4-3-5-7-15)22(33)31(23)21(18)24(34)36-13-16-8-10-17(35-2)11-9-16/h3-11,20,23H,12-14H2,1-2H3,(H,26,32). The molecule has 0 aliphatic carbocycles. The van der Waals surface area contributed by atoms with Crippen molar-refractivity contribution in [2.24, 2.45) is 7.05 Å². The van der Waals surface area contributed by atoms with Gasteiger partial charge in [0.2, 0.25) is 11.1 Å². The van der Waals surface area contributed by atoms with Crippen LogP contribution >= 0.6 is 23.5 Å². The predicted octanol–water partition coefficient (Wildman–Crippen LogP) is 1.91. The molecule has 2 amide bonds. The number of esters is 1. The number of thioether (sulfide) groups is 2. The summed E-state index contributed by atoms with van der Waals surface area (Å²) in [5, 5.41) is 14.3. The highest BCUT2D eigenvalue weighted by Gasteiger charge is 2.54. The summed E-state index contributed by atoms with van der Waals surface area (Å²) < 4.78 is 12.3. The van der Waals surface area contributed by atoms with Crippen LogP contribution in [0.2, 0.25) is 0 Å². The maximum absolute atomic E-state index is 13.4. The number of benzene rings is 2. The number of aryl methyl sites for hydroxylation is 1. The van der Waals surface area contributed by atoms with Crippen LogP contribution in [-0.4, -0.2) is 67.2 Å². The summed E-state index contributed by atoms with van der Waals surface area (Å²) in [6, 6.07) is 15.7. The largest absolute Gasteiger partial charge is 0.497 e. The molecule has 11 nitrogen and oxygen atoms in total. The molecule has 2 aromatic carbocycles. The van der Waals surface area contributed by atoms with Crippen molar-refractivity contribution in [2.45, 2.75) is 29.6 Å². The molecule has 2 aliphatic heterocycles. The van der Waals surface area contributed by atoms with Crippen LogP contribution < -0.4 is 10.1 Å². The highest BCUT2D eigenvalue weighted by molar-refractivity contribution is 8.06. The van der Waals surface area contributed by atoms with Gasteiger partial charge in [-0.1, -0.05) is 42.5 Å². The molecule has 2 aliphatic rings. The van der Waals surface area contributed by atoms with Gasteiger partial charge in [-0.05, 0) is 45.4 Å². The molecule has 1 saturated heterocycles. The molecule has 1 aromatic heterocycles. The SMILES string of the molecule is COc1ccc(COC(=O)C2=C(Sc3nnnn3C)CSC3C(NC(=O)Cc4ccccc4)C(=O)N23)cc1. The highest BCUT2D eigenvalue weighted by atomic mass is 32.2. The summed E-state index contributed by atoms with van der Waals surface area (Å²) in [6.45, 7) is 0.0207. The molecule has 13 heteroatoms. The minimum absolute atomic E-state index is 0.0207. The Hall–Kier alpha value is -3.84. The minimum atomic E-state index is -0.733. The molecular weight excluding hydrogens is 528 g/mol. The Balaban J connectivity index is 1.33. The molecule has 1 N–H and O–H groups in total. The number of methoxy groups -OCH3 is 1. The number of hydrogen-bond acceptors (Lipinski definition) is 10. The van der Waals surface area contributed by atoms with Gasteiger partial charge in [0.05, 0.1) is 13.5 Å². The molecule has 3 aromatic rings. The smallest absolute Gasteiger partial charge is 0.356 e. The van der Waals surface area contributed by atoms with Gasteiger partial charge in [0.1, 0.15) is 29.5 Å². The zero-order valence-corrected chi connectivity index (χ0v) is 22.2. The number of tetrazole rings is 1. The third-order valence-corrected chi connectivity index (χ3v) is 8.55. The van der Waals surface area contributed by atoms with Crippen molar-refractivity contribution in [1.82, 2.24) is 30.4 Å². The molecule has 1 fully saturated rings. The summed E-state index contributed by atoms with van der Waals surface area (Å²) in [6.07, 6.45) is 0.162. The molecule has 5 rings (SSSR count). The first-order chi connectivity index (χ1) is 18.4. The molecule has 0 bridgehead atoms. The van der Waals surface area contributed by atoms with E-state index in [2.05, 4.69) is 20.8 Å². The third-order valence-electron chi connectivity index (χ3n) is 5.98. The van der Waals surface area contributed by atoms with E-state index in [9.17, 15) is 14.4 Å². The lowest BCUT2D eigenvalue weighted by Crippen LogP contribution is -2.70. The second-order valence-electron chi connectivity index (χ2n) is 8.50. The number of nitrogens with zero attached hydrogens (tertiary/aromatic N) is 5. The van der Waals surface area contributed by atoms with Crippen molar-refractivity contribution in [3.63, 3.8) is 0 Å². The quantitative estimate of drug-likeness (QED) is 0.310. The van der Waals surface area contributed by atoms with Crippen LogP contribution in [0.25, 0.3) is 0 Å². The maximum atomic E-state index is 13.4. The minimum Gasteiger partial charge on any atom is -0.497 e. The Morgan fingerprint density at radius 2 is 1.89 bits per heavy atom. The van der Waals surface area contributed by atoms with Crippen LogP contribution in [0.4, 0.5) is 0 Å². The summed E-state index contributed by atoms with van der Waals surface area (Å²) in [4.78, 5) is 41.2. The fourth-order valence-corrected chi connectivity index (χ4v) is 6.40. The molecule has 38 heavy (non-hydrogen) atoms. The Kier molecular flexibility index (Phi) is 7.65. The molecule has 0 radical (unpaired) electrons. The number of fused-ring (bicyclic) bond motifs is 1. The van der Waals surface area contributed by atoms with Gasteiger partial charge in [0.15, 0.2) is 0 Å². The van der Waals surface area contributed by atoms with E-state index in [0.717, 1.165) is 11.1 Å². The van der Waals surface area contributed by atoms with E-state index in [0.29, 0.717) is 21.6 Å². The Bertz CT molecular complexity index is 1380. The number of rotatable bonds is 9. The van der Waals surface area contributed by atoms with Crippen LogP contribution in [0, 0.1) is 0 Å². The van der Waals surface area contributed by atoms with Crippen LogP contribution in [0.3, 0.4) is 0 Å². The molecule has 196 valence electrons. The number of ether oxygens (including phenoxy) is 2. The molecule has 0 saturated carbocycles. The van der Waals surface area contributed by atoms with Gasteiger partial charge in [-0.15, -0.1) is 16.9 Å². The number of carbonyl (C=O) groups excluding carboxylic acids is 3. The van der Waals surface area contributed by atoms with Gasteiger partial charge in [-0.2, -0.15) is 0 Å². The van der Waals surface area contributed by atoms with Crippen molar-refractivity contribution < 1.29 is 23.9 Å². The molecule has 0 spiro atoms. The van der Waals surface area contributed by atoms with Crippen molar-refractivity contribution in [3.8, 4) is 5.75 Å². The Morgan fingerprint density at radius 1 is 1.13 bits per heavy atom. The number of carbonyl (C=O) groups is 3. The average Bonchev–Trinajstić information content (AvgIpc) is 3.34. The average molecular weight is 553 g/mol. The van der Waals surface area contributed by atoms with Crippen LogP contribution in [0.1, 0.15) is 11.1 Å². The van der Waals surface area contributed by atoms with Crippen molar-refractivity contribution >= 4 is 41.3 Å². The topological polar surface area (TPSA) is 129 Å². The maximum Gasteiger partial charge on any atom is 0.356 e. The van der Waals surface area contributed by atoms with Gasteiger partial charge in [0, 0.05) is 17.7 Å². The lowest BCUT2D eigenvalue weighted by Gasteiger charge is -2.49. The van der Waals surface area contributed by atoms with E-state index in [1.54, 1.807) is 38.4 Å². The predicted molar refractivity (Wildman–Crippen MR) is 140 cm³/mol. The summed E-state index contributed by atoms with van der Waals surface area (Å²) in [7, 11) is 3.27. The van der Waals surface area contributed by atoms with Gasteiger partial charge >= 0.3 is 5.97 Å². The summed E-state index contributed by atoms with van der Waals surface area (Å²) in [5.74, 6) is -0.144. The lowest BCUT2D eigenvalue weighted by atomic mass is 10.0. The molecule has 2 atom stereocenters. The molecule has 3 heterocycles. The van der Waals surface area contributed by atoms with Crippen LogP contribution in [0.5, 0.6) is 5.75 Å². The van der Waals surface area contributed by atoms with E-state index >= 15 is 0 Å². The van der Waals surface area contributed by atoms with Gasteiger partial charge < -0.3 is 14.8 Å². The number of hydrogen-bond donors (Lipinski definition) is 1. The fourth-order valence-electron chi connectivity index (χ4n) is 4.02.